The lowest BCUT2D eigenvalue weighted by Crippen LogP contribution is -2.26. The van der Waals surface area contributed by atoms with Gasteiger partial charge in [-0.05, 0) is 74.0 Å². The smallest absolute Gasteiger partial charge is 0.201 e. The third-order valence-electron chi connectivity index (χ3n) is 18.1. The van der Waals surface area contributed by atoms with Gasteiger partial charge in [0.15, 0.2) is 0 Å². The maximum Gasteiger partial charge on any atom is 0.201 e. The summed E-state index contributed by atoms with van der Waals surface area (Å²) in [4.78, 5) is 12.6. The maximum atomic E-state index is 15.3. The topological polar surface area (TPSA) is 37.3 Å². The van der Waals surface area contributed by atoms with Crippen LogP contribution in [-0.4, -0.2) is 17.2 Å². The molecule has 0 aliphatic rings. The van der Waals surface area contributed by atoms with Crippen molar-refractivity contribution >= 4 is 7.37 Å². The molecule has 0 saturated carbocycles. The quantitative estimate of drug-likeness (QED) is 0.0487. The fourth-order valence-corrected chi connectivity index (χ4v) is 15.7. The van der Waals surface area contributed by atoms with Crippen molar-refractivity contribution in [1.82, 2.24) is 0 Å². The van der Waals surface area contributed by atoms with Gasteiger partial charge in [0.05, 0.1) is 0 Å². The predicted octanol–water partition coefficient (Wildman–Crippen LogP) is 26.5. The number of unbranched alkanes of at least 4 members (excludes halogenated alkanes) is 42. The summed E-state index contributed by atoms with van der Waals surface area (Å²) in [6, 6.07) is 0. The minimum absolute atomic E-state index is 0.288. The lowest BCUT2D eigenvalue weighted by molar-refractivity contribution is 0.185. The zero-order valence-corrected chi connectivity index (χ0v) is 53.4. The zero-order chi connectivity index (χ0) is 53.7. The summed E-state index contributed by atoms with van der Waals surface area (Å²) >= 11 is 0. The van der Waals surface area contributed by atoms with Crippen LogP contribution in [0.1, 0.15) is 415 Å². The molecule has 0 bridgehead atoms. The van der Waals surface area contributed by atoms with Crippen LogP contribution in [-0.2, 0) is 4.57 Å². The molecule has 2 nitrogen and oxygen atoms in total. The Balaban J connectivity index is 6.46. The van der Waals surface area contributed by atoms with E-state index < -0.39 is 7.37 Å². The standard InChI is InChI=1S/C70H143O2P/c1-9-15-21-27-33-39-45-51-57-67(63-69(7,59-53-47-41-35-29-23-17-11-3)60-54-48-42-36-30-24-18-12-4)65-73(71,72)66-68(58-52-46-40-34-28-22-16-10-2)64-70(8,61-55-49-43-37-31-25-19-13-5)62-56-50-44-38-32-26-20-14-6/h67-68H,9-66H2,1-8H3,(H,71,72). The Labute approximate surface area is 464 Å². The van der Waals surface area contributed by atoms with Crippen molar-refractivity contribution in [3.05, 3.63) is 0 Å². The highest BCUT2D eigenvalue weighted by Gasteiger charge is 2.35. The molecule has 2 unspecified atom stereocenters. The third-order valence-corrected chi connectivity index (χ3v) is 20.3. The van der Waals surface area contributed by atoms with Crippen LogP contribution < -0.4 is 0 Å². The molecule has 3 heteroatoms. The Kier molecular flexibility index (Phi) is 54.3. The summed E-state index contributed by atoms with van der Waals surface area (Å²) in [6.45, 7) is 19.3. The van der Waals surface area contributed by atoms with Gasteiger partial charge in [0, 0.05) is 12.3 Å². The van der Waals surface area contributed by atoms with Crippen molar-refractivity contribution in [1.29, 1.82) is 0 Å². The first-order valence-electron chi connectivity index (χ1n) is 34.8. The van der Waals surface area contributed by atoms with E-state index in [2.05, 4.69) is 55.4 Å². The van der Waals surface area contributed by atoms with Gasteiger partial charge in [-0.25, -0.2) is 0 Å². The molecular weight excluding hydrogens is 904 g/mol. The van der Waals surface area contributed by atoms with E-state index in [0.717, 1.165) is 0 Å². The first-order valence-corrected chi connectivity index (χ1v) is 36.9. The molecule has 2 atom stereocenters. The minimum atomic E-state index is -3.33. The lowest BCUT2D eigenvalue weighted by Gasteiger charge is -2.37. The van der Waals surface area contributed by atoms with Gasteiger partial charge in [-0.1, -0.05) is 364 Å². The summed E-state index contributed by atoms with van der Waals surface area (Å²) < 4.78 is 15.3. The molecule has 0 rings (SSSR count). The second kappa shape index (κ2) is 54.2. The fourth-order valence-electron chi connectivity index (χ4n) is 13.3. The van der Waals surface area contributed by atoms with Crippen LogP contribution >= 0.6 is 7.37 Å². The second-order valence-corrected chi connectivity index (χ2v) is 28.8. The molecule has 0 aromatic rings. The van der Waals surface area contributed by atoms with E-state index in [-0.39, 0.29) is 10.8 Å². The molecule has 73 heavy (non-hydrogen) atoms. The van der Waals surface area contributed by atoms with E-state index in [1.165, 1.54) is 360 Å². The molecule has 0 amide bonds. The van der Waals surface area contributed by atoms with Gasteiger partial charge in [0.25, 0.3) is 0 Å². The summed E-state index contributed by atoms with van der Waals surface area (Å²) in [5.74, 6) is 0.766. The molecule has 440 valence electrons. The first-order chi connectivity index (χ1) is 35.5. The van der Waals surface area contributed by atoms with E-state index in [4.69, 9.17) is 0 Å². The SMILES string of the molecule is CCCCCCCCCCC(CC(C)(CCCCCCCCCC)CCCCCCCCCC)CP(=O)(O)CC(CCCCCCCCCC)CC(C)(CCCCCCCCCC)CCCCCCCCCC. The molecule has 0 saturated heterocycles. The van der Waals surface area contributed by atoms with Crippen LogP contribution in [0.25, 0.3) is 0 Å². The highest BCUT2D eigenvalue weighted by Crippen LogP contribution is 2.52. The second-order valence-electron chi connectivity index (χ2n) is 26.4. The molecule has 0 fully saturated rings. The van der Waals surface area contributed by atoms with Gasteiger partial charge < -0.3 is 4.89 Å². The van der Waals surface area contributed by atoms with Gasteiger partial charge >= 0.3 is 0 Å². The van der Waals surface area contributed by atoms with Gasteiger partial charge in [0.1, 0.15) is 0 Å². The first kappa shape index (κ1) is 73.2. The van der Waals surface area contributed by atoms with Crippen molar-refractivity contribution in [2.75, 3.05) is 12.3 Å². The molecule has 0 aromatic heterocycles. The monoisotopic (exact) mass is 1050 g/mol. The van der Waals surface area contributed by atoms with Crippen LogP contribution in [0.5, 0.6) is 0 Å². The van der Waals surface area contributed by atoms with E-state index >= 15 is 4.57 Å². The van der Waals surface area contributed by atoms with E-state index in [1.807, 2.05) is 0 Å². The number of hydrogen-bond donors (Lipinski definition) is 1. The molecular formula is C70H143O2P. The third kappa shape index (κ3) is 50.2. The normalized spacial score (nSPS) is 14.0. The number of hydrogen-bond acceptors (Lipinski definition) is 1. The summed E-state index contributed by atoms with van der Waals surface area (Å²) in [5, 5.41) is 0. The van der Waals surface area contributed by atoms with E-state index in [9.17, 15) is 4.89 Å². The summed E-state index contributed by atoms with van der Waals surface area (Å²) in [7, 11) is -3.33. The Morgan fingerprint density at radius 3 is 0.630 bits per heavy atom. The van der Waals surface area contributed by atoms with E-state index in [0.29, 0.717) is 24.2 Å². The van der Waals surface area contributed by atoms with Crippen molar-refractivity contribution < 1.29 is 9.46 Å². The summed E-state index contributed by atoms with van der Waals surface area (Å²) in [5.41, 5.74) is 0.576. The highest BCUT2D eigenvalue weighted by atomic mass is 31.2. The van der Waals surface area contributed by atoms with Crippen LogP contribution in [0.15, 0.2) is 0 Å². The summed E-state index contributed by atoms with van der Waals surface area (Å²) in [6.07, 6.45) is 76.9. The van der Waals surface area contributed by atoms with Crippen molar-refractivity contribution in [3.8, 4) is 0 Å². The Bertz CT molecular complexity index is 994. The minimum Gasteiger partial charge on any atom is -0.344 e. The van der Waals surface area contributed by atoms with Gasteiger partial charge in [-0.2, -0.15) is 0 Å². The average Bonchev–Trinajstić information content (AvgIpc) is 3.36. The zero-order valence-electron chi connectivity index (χ0n) is 52.5. The van der Waals surface area contributed by atoms with Gasteiger partial charge in [-0.15, -0.1) is 0 Å². The van der Waals surface area contributed by atoms with Crippen molar-refractivity contribution in [3.63, 3.8) is 0 Å². The van der Waals surface area contributed by atoms with Crippen LogP contribution in [0.2, 0.25) is 0 Å². The molecule has 0 aliphatic heterocycles. The molecule has 0 spiro atoms. The number of rotatable bonds is 62. The predicted molar refractivity (Wildman–Crippen MR) is 335 cm³/mol. The molecule has 0 heterocycles. The average molecular weight is 1050 g/mol. The van der Waals surface area contributed by atoms with Crippen LogP contribution in [0, 0.1) is 22.7 Å². The largest absolute Gasteiger partial charge is 0.344 e. The highest BCUT2D eigenvalue weighted by molar-refractivity contribution is 7.58. The Morgan fingerprint density at radius 1 is 0.274 bits per heavy atom. The van der Waals surface area contributed by atoms with Crippen molar-refractivity contribution in [2.45, 2.75) is 415 Å². The van der Waals surface area contributed by atoms with Crippen molar-refractivity contribution in [2.24, 2.45) is 22.7 Å². The van der Waals surface area contributed by atoms with Crippen LogP contribution in [0.3, 0.4) is 0 Å². The van der Waals surface area contributed by atoms with Gasteiger partial charge in [0.2, 0.25) is 7.37 Å². The van der Waals surface area contributed by atoms with Gasteiger partial charge in [-0.3, -0.25) is 4.57 Å². The fraction of sp³-hybridized carbons (Fsp3) is 1.00. The van der Waals surface area contributed by atoms with E-state index in [1.54, 1.807) is 0 Å². The molecule has 0 radical (unpaired) electrons. The maximum absolute atomic E-state index is 15.3. The Hall–Kier alpha value is 0.190. The lowest BCUT2D eigenvalue weighted by atomic mass is 9.72. The Morgan fingerprint density at radius 2 is 0.438 bits per heavy atom. The molecule has 0 aliphatic carbocycles. The molecule has 1 N–H and O–H groups in total. The van der Waals surface area contributed by atoms with Crippen LogP contribution in [0.4, 0.5) is 0 Å². The molecule has 0 aromatic carbocycles.